The molecule has 1 N–H and O–H groups in total. The highest BCUT2D eigenvalue weighted by molar-refractivity contribution is 5.44. The third-order valence-corrected chi connectivity index (χ3v) is 3.09. The number of para-hydroxylation sites is 1. The quantitative estimate of drug-likeness (QED) is 0.922. The first-order valence-electron chi connectivity index (χ1n) is 5.78. The summed E-state index contributed by atoms with van der Waals surface area (Å²) < 4.78 is 31.9. The van der Waals surface area contributed by atoms with Crippen LogP contribution in [0.5, 0.6) is 5.75 Å². The number of halogens is 2. The summed E-state index contributed by atoms with van der Waals surface area (Å²) in [6, 6.07) is 9.87. The van der Waals surface area contributed by atoms with Crippen molar-refractivity contribution in [3.63, 3.8) is 0 Å². The van der Waals surface area contributed by atoms with E-state index in [1.165, 1.54) is 20.1 Å². The smallest absolute Gasteiger partial charge is 0.132 e. The van der Waals surface area contributed by atoms with Crippen LogP contribution in [0, 0.1) is 11.6 Å². The fourth-order valence-corrected chi connectivity index (χ4v) is 2.08. The first kappa shape index (κ1) is 13.5. The zero-order chi connectivity index (χ0) is 14.0. The van der Waals surface area contributed by atoms with Crippen molar-refractivity contribution in [2.75, 3.05) is 7.11 Å². The van der Waals surface area contributed by atoms with Gasteiger partial charge in [0.15, 0.2) is 0 Å². The maximum atomic E-state index is 13.8. The highest BCUT2D eigenvalue weighted by Crippen LogP contribution is 2.36. The Hall–Kier alpha value is -1.94. The Morgan fingerprint density at radius 1 is 1.05 bits per heavy atom. The van der Waals surface area contributed by atoms with Crippen molar-refractivity contribution < 1.29 is 18.6 Å². The summed E-state index contributed by atoms with van der Waals surface area (Å²) in [5.74, 6) is -1.04. The summed E-state index contributed by atoms with van der Waals surface area (Å²) in [4.78, 5) is 0. The second-order valence-corrected chi connectivity index (χ2v) is 4.40. The van der Waals surface area contributed by atoms with Crippen molar-refractivity contribution >= 4 is 0 Å². The Bertz CT molecular complexity index is 594. The monoisotopic (exact) mass is 264 g/mol. The van der Waals surface area contributed by atoms with Crippen molar-refractivity contribution in [1.29, 1.82) is 0 Å². The molecule has 0 aliphatic rings. The third kappa shape index (κ3) is 2.44. The first-order valence-corrected chi connectivity index (χ1v) is 5.78. The number of ether oxygens (including phenoxy) is 1. The molecule has 19 heavy (non-hydrogen) atoms. The van der Waals surface area contributed by atoms with Crippen LogP contribution in [0.3, 0.4) is 0 Å². The maximum absolute atomic E-state index is 13.8. The summed E-state index contributed by atoms with van der Waals surface area (Å²) in [6.07, 6.45) is 0. The zero-order valence-corrected chi connectivity index (χ0v) is 10.7. The molecule has 0 aliphatic carbocycles. The van der Waals surface area contributed by atoms with Gasteiger partial charge in [-0.1, -0.05) is 18.2 Å². The van der Waals surface area contributed by atoms with Gasteiger partial charge >= 0.3 is 0 Å². The third-order valence-electron chi connectivity index (χ3n) is 3.09. The van der Waals surface area contributed by atoms with E-state index in [0.717, 1.165) is 12.1 Å². The van der Waals surface area contributed by atoms with E-state index in [4.69, 9.17) is 4.74 Å². The summed E-state index contributed by atoms with van der Waals surface area (Å²) >= 11 is 0. The minimum atomic E-state index is -1.61. The lowest BCUT2D eigenvalue weighted by molar-refractivity contribution is 0.0946. The SMILES string of the molecule is COc1ccccc1C(C)(O)c1ccc(F)cc1F. The largest absolute Gasteiger partial charge is 0.496 e. The molecule has 2 rings (SSSR count). The van der Waals surface area contributed by atoms with Crippen molar-refractivity contribution in [3.05, 3.63) is 65.2 Å². The maximum Gasteiger partial charge on any atom is 0.132 e. The Kier molecular flexibility index (Phi) is 3.53. The van der Waals surface area contributed by atoms with E-state index in [2.05, 4.69) is 0 Å². The number of hydrogen-bond acceptors (Lipinski definition) is 2. The highest BCUT2D eigenvalue weighted by Gasteiger charge is 2.31. The highest BCUT2D eigenvalue weighted by atomic mass is 19.1. The van der Waals surface area contributed by atoms with E-state index in [0.29, 0.717) is 11.3 Å². The Morgan fingerprint density at radius 2 is 1.74 bits per heavy atom. The average molecular weight is 264 g/mol. The zero-order valence-electron chi connectivity index (χ0n) is 10.7. The van der Waals surface area contributed by atoms with Crippen LogP contribution in [0.2, 0.25) is 0 Å². The summed E-state index contributed by atoms with van der Waals surface area (Å²) in [5, 5.41) is 10.6. The van der Waals surface area contributed by atoms with Gasteiger partial charge in [0.25, 0.3) is 0 Å². The van der Waals surface area contributed by atoms with Gasteiger partial charge in [-0.2, -0.15) is 0 Å². The Balaban J connectivity index is 2.58. The molecule has 0 radical (unpaired) electrons. The van der Waals surface area contributed by atoms with Gasteiger partial charge in [0.2, 0.25) is 0 Å². The lowest BCUT2D eigenvalue weighted by atomic mass is 9.87. The van der Waals surface area contributed by atoms with E-state index in [1.807, 2.05) is 0 Å². The molecule has 0 heterocycles. The molecule has 1 atom stereocenters. The van der Waals surface area contributed by atoms with E-state index in [-0.39, 0.29) is 5.56 Å². The van der Waals surface area contributed by atoms with Crippen LogP contribution in [0.4, 0.5) is 8.78 Å². The predicted molar refractivity (Wildman–Crippen MR) is 68.0 cm³/mol. The normalized spacial score (nSPS) is 13.9. The minimum absolute atomic E-state index is 0.00148. The van der Waals surface area contributed by atoms with Crippen LogP contribution in [-0.4, -0.2) is 12.2 Å². The lowest BCUT2D eigenvalue weighted by Gasteiger charge is -2.26. The fourth-order valence-electron chi connectivity index (χ4n) is 2.08. The standard InChI is InChI=1S/C15H14F2O2/c1-15(18,11-8-7-10(16)9-13(11)17)12-5-3-4-6-14(12)19-2/h3-9,18H,1-2H3. The summed E-state index contributed by atoms with van der Waals surface area (Å²) in [6.45, 7) is 1.45. The van der Waals surface area contributed by atoms with E-state index in [9.17, 15) is 13.9 Å². The van der Waals surface area contributed by atoms with Gasteiger partial charge in [-0.15, -0.1) is 0 Å². The number of rotatable bonds is 3. The fraction of sp³-hybridized carbons (Fsp3) is 0.200. The topological polar surface area (TPSA) is 29.5 Å². The molecule has 0 saturated carbocycles. The van der Waals surface area contributed by atoms with Crippen molar-refractivity contribution in [2.45, 2.75) is 12.5 Å². The second kappa shape index (κ2) is 4.97. The van der Waals surface area contributed by atoms with E-state index in [1.54, 1.807) is 24.3 Å². The van der Waals surface area contributed by atoms with Crippen LogP contribution in [0.25, 0.3) is 0 Å². The van der Waals surface area contributed by atoms with Crippen molar-refractivity contribution in [1.82, 2.24) is 0 Å². The number of methoxy groups -OCH3 is 1. The van der Waals surface area contributed by atoms with Crippen LogP contribution in [-0.2, 0) is 5.60 Å². The second-order valence-electron chi connectivity index (χ2n) is 4.40. The van der Waals surface area contributed by atoms with Gasteiger partial charge in [0, 0.05) is 17.2 Å². The number of benzene rings is 2. The molecule has 1 unspecified atom stereocenters. The molecule has 2 aromatic rings. The molecule has 2 aromatic carbocycles. The molecule has 4 heteroatoms. The van der Waals surface area contributed by atoms with Gasteiger partial charge in [0.05, 0.1) is 7.11 Å². The summed E-state index contributed by atoms with van der Waals surface area (Å²) in [7, 11) is 1.47. The Labute approximate surface area is 110 Å². The van der Waals surface area contributed by atoms with E-state index >= 15 is 0 Å². The predicted octanol–water partition coefficient (Wildman–Crippen LogP) is 3.23. The number of aliphatic hydroxyl groups is 1. The molecule has 100 valence electrons. The summed E-state index contributed by atoms with van der Waals surface area (Å²) in [5.41, 5.74) is -1.19. The van der Waals surface area contributed by atoms with Crippen LogP contribution < -0.4 is 4.74 Å². The molecule has 0 fully saturated rings. The van der Waals surface area contributed by atoms with Crippen molar-refractivity contribution in [3.8, 4) is 5.75 Å². The van der Waals surface area contributed by atoms with Gasteiger partial charge in [-0.3, -0.25) is 0 Å². The molecule has 0 bridgehead atoms. The van der Waals surface area contributed by atoms with Gasteiger partial charge in [0.1, 0.15) is 23.0 Å². The lowest BCUT2D eigenvalue weighted by Crippen LogP contribution is -2.25. The first-order chi connectivity index (χ1) is 8.96. The molecule has 0 aromatic heterocycles. The van der Waals surface area contributed by atoms with E-state index < -0.39 is 17.2 Å². The van der Waals surface area contributed by atoms with Crippen LogP contribution in [0.1, 0.15) is 18.1 Å². The molecule has 2 nitrogen and oxygen atoms in total. The van der Waals surface area contributed by atoms with Gasteiger partial charge in [-0.25, -0.2) is 8.78 Å². The molecule has 0 aliphatic heterocycles. The van der Waals surface area contributed by atoms with Crippen LogP contribution >= 0.6 is 0 Å². The average Bonchev–Trinajstić information content (AvgIpc) is 2.38. The molecule has 0 saturated heterocycles. The molecule has 0 spiro atoms. The molecule has 0 amide bonds. The minimum Gasteiger partial charge on any atom is -0.496 e. The van der Waals surface area contributed by atoms with Gasteiger partial charge in [-0.05, 0) is 25.1 Å². The number of hydrogen-bond donors (Lipinski definition) is 1. The molecular weight excluding hydrogens is 250 g/mol. The van der Waals surface area contributed by atoms with Crippen LogP contribution in [0.15, 0.2) is 42.5 Å². The Morgan fingerprint density at radius 3 is 2.37 bits per heavy atom. The van der Waals surface area contributed by atoms with Crippen molar-refractivity contribution in [2.24, 2.45) is 0 Å². The molecular formula is C15H14F2O2. The van der Waals surface area contributed by atoms with Gasteiger partial charge < -0.3 is 9.84 Å².